The summed E-state index contributed by atoms with van der Waals surface area (Å²) >= 11 is 0. The smallest absolute Gasteiger partial charge is 0.253 e. The molecular weight excluding hydrogens is 368 g/mol. The number of carbonyl (C=O) groups is 2. The Kier molecular flexibility index (Phi) is 6.28. The minimum atomic E-state index is -0.651. The van der Waals surface area contributed by atoms with E-state index in [1.807, 2.05) is 44.4 Å². The number of nitrogens with one attached hydrogen (secondary N) is 2. The Balaban J connectivity index is 1.90. The number of hydrazine groups is 1. The zero-order chi connectivity index (χ0) is 21.0. The molecule has 0 saturated heterocycles. The van der Waals surface area contributed by atoms with Crippen LogP contribution in [0.25, 0.3) is 22.0 Å². The molecule has 8 heteroatoms. The molecule has 0 fully saturated rings. The molecule has 152 valence electrons. The quantitative estimate of drug-likeness (QED) is 0.144. The van der Waals surface area contributed by atoms with E-state index in [4.69, 9.17) is 11.6 Å². The Hall–Kier alpha value is -3.20. The average molecular weight is 394 g/mol. The first kappa shape index (κ1) is 20.5. The summed E-state index contributed by atoms with van der Waals surface area (Å²) in [4.78, 5) is 28.1. The second-order valence-electron chi connectivity index (χ2n) is 7.17. The lowest BCUT2D eigenvalue weighted by Crippen LogP contribution is -2.31. The lowest BCUT2D eigenvalue weighted by molar-refractivity contribution is -0.107. The Labute approximate surface area is 169 Å². The number of hydrogen-bond donors (Lipinski definition) is 4. The van der Waals surface area contributed by atoms with Crippen molar-refractivity contribution < 1.29 is 9.59 Å². The van der Waals surface area contributed by atoms with Crippen LogP contribution >= 0.6 is 0 Å². The van der Waals surface area contributed by atoms with Crippen molar-refractivity contribution >= 4 is 29.0 Å². The van der Waals surface area contributed by atoms with Gasteiger partial charge in [0.15, 0.2) is 0 Å². The molecule has 0 saturated carbocycles. The number of rotatable bonds is 9. The molecule has 0 spiro atoms. The van der Waals surface area contributed by atoms with E-state index in [1.54, 1.807) is 0 Å². The first-order valence-electron chi connectivity index (χ1n) is 9.30. The SMILES string of the molecule is CN(C)CCNCc1cccc(-c2ccc3c(C(N)=O)c(N(N)C=O)[nH]c3c2)c1. The first-order valence-corrected chi connectivity index (χ1v) is 9.30. The highest BCUT2D eigenvalue weighted by atomic mass is 16.1. The van der Waals surface area contributed by atoms with E-state index >= 15 is 0 Å². The summed E-state index contributed by atoms with van der Waals surface area (Å²) in [6.07, 6.45) is 0.421. The number of likely N-dealkylation sites (N-methyl/N-ethyl adjacent to an activating group) is 1. The van der Waals surface area contributed by atoms with Gasteiger partial charge in [0, 0.05) is 30.5 Å². The molecule has 2 aromatic carbocycles. The van der Waals surface area contributed by atoms with Crippen LogP contribution in [0.5, 0.6) is 0 Å². The fourth-order valence-corrected chi connectivity index (χ4v) is 3.25. The van der Waals surface area contributed by atoms with Crippen LogP contribution in [0.2, 0.25) is 0 Å². The van der Waals surface area contributed by atoms with Crippen molar-refractivity contribution in [2.45, 2.75) is 6.54 Å². The fraction of sp³-hybridized carbons (Fsp3) is 0.238. The molecule has 0 aliphatic rings. The van der Waals surface area contributed by atoms with Crippen molar-refractivity contribution in [3.05, 3.63) is 53.6 Å². The maximum atomic E-state index is 11.9. The summed E-state index contributed by atoms with van der Waals surface area (Å²) in [6.45, 7) is 2.67. The predicted octanol–water partition coefficient (Wildman–Crippen LogP) is 1.42. The molecule has 1 aromatic heterocycles. The third-order valence-electron chi connectivity index (χ3n) is 4.72. The predicted molar refractivity (Wildman–Crippen MR) is 115 cm³/mol. The van der Waals surface area contributed by atoms with Gasteiger partial charge < -0.3 is 20.9 Å². The van der Waals surface area contributed by atoms with Crippen molar-refractivity contribution in [1.29, 1.82) is 0 Å². The number of H-pyrrole nitrogens is 1. The summed E-state index contributed by atoms with van der Waals surface area (Å²) in [5, 5.41) is 4.87. The van der Waals surface area contributed by atoms with Crippen LogP contribution in [0, 0.1) is 0 Å². The van der Waals surface area contributed by atoms with Gasteiger partial charge in [-0.1, -0.05) is 30.3 Å². The topological polar surface area (TPSA) is 120 Å². The number of hydrogen-bond acceptors (Lipinski definition) is 5. The van der Waals surface area contributed by atoms with Gasteiger partial charge in [0.1, 0.15) is 5.82 Å². The summed E-state index contributed by atoms with van der Waals surface area (Å²) in [6, 6.07) is 13.9. The molecule has 0 radical (unpaired) electrons. The number of nitrogens with zero attached hydrogens (tertiary/aromatic N) is 2. The molecule has 8 nitrogen and oxygen atoms in total. The fourth-order valence-electron chi connectivity index (χ4n) is 3.25. The maximum absolute atomic E-state index is 11.9. The molecule has 3 rings (SSSR count). The summed E-state index contributed by atoms with van der Waals surface area (Å²) in [5.41, 5.74) is 9.58. The van der Waals surface area contributed by atoms with Gasteiger partial charge in [-0.25, -0.2) is 10.9 Å². The highest BCUT2D eigenvalue weighted by Crippen LogP contribution is 2.31. The molecule has 29 heavy (non-hydrogen) atoms. The summed E-state index contributed by atoms with van der Waals surface area (Å²) in [7, 11) is 4.10. The zero-order valence-corrected chi connectivity index (χ0v) is 16.6. The maximum Gasteiger partial charge on any atom is 0.253 e. The number of amides is 2. The molecule has 0 bridgehead atoms. The lowest BCUT2D eigenvalue weighted by atomic mass is 10.0. The van der Waals surface area contributed by atoms with Crippen molar-refractivity contribution in [3.63, 3.8) is 0 Å². The van der Waals surface area contributed by atoms with Crippen molar-refractivity contribution in [3.8, 4) is 11.1 Å². The monoisotopic (exact) mass is 394 g/mol. The van der Waals surface area contributed by atoms with Gasteiger partial charge in [0.2, 0.25) is 6.41 Å². The number of carbonyl (C=O) groups excluding carboxylic acids is 2. The Bertz CT molecular complexity index is 1030. The van der Waals surface area contributed by atoms with E-state index in [1.165, 1.54) is 5.56 Å². The molecule has 6 N–H and O–H groups in total. The van der Waals surface area contributed by atoms with E-state index < -0.39 is 5.91 Å². The summed E-state index contributed by atoms with van der Waals surface area (Å²) < 4.78 is 0. The zero-order valence-electron chi connectivity index (χ0n) is 16.6. The van der Waals surface area contributed by atoms with Crippen LogP contribution in [-0.4, -0.2) is 49.4 Å². The Morgan fingerprint density at radius 1 is 1.17 bits per heavy atom. The van der Waals surface area contributed by atoms with E-state index in [9.17, 15) is 9.59 Å². The molecule has 3 aromatic rings. The Morgan fingerprint density at radius 2 is 1.93 bits per heavy atom. The van der Waals surface area contributed by atoms with Gasteiger partial charge in [-0.15, -0.1) is 0 Å². The lowest BCUT2D eigenvalue weighted by Gasteiger charge is -2.11. The highest BCUT2D eigenvalue weighted by Gasteiger charge is 2.19. The summed E-state index contributed by atoms with van der Waals surface area (Å²) in [5.74, 6) is 5.19. The third kappa shape index (κ3) is 4.62. The molecule has 0 aliphatic heterocycles. The van der Waals surface area contributed by atoms with Gasteiger partial charge in [0.25, 0.3) is 5.91 Å². The number of anilines is 1. The molecular formula is C21H26N6O2. The van der Waals surface area contributed by atoms with Crippen LogP contribution in [0.15, 0.2) is 42.5 Å². The van der Waals surface area contributed by atoms with Gasteiger partial charge in [-0.2, -0.15) is 0 Å². The van der Waals surface area contributed by atoms with Crippen LogP contribution < -0.4 is 21.9 Å². The van der Waals surface area contributed by atoms with E-state index in [2.05, 4.69) is 27.3 Å². The van der Waals surface area contributed by atoms with Gasteiger partial charge >= 0.3 is 0 Å². The molecule has 0 unspecified atom stereocenters. The number of aromatic amines is 1. The largest absolute Gasteiger partial charge is 0.365 e. The normalized spacial score (nSPS) is 11.2. The van der Waals surface area contributed by atoms with Crippen molar-refractivity contribution in [2.75, 3.05) is 32.2 Å². The number of aromatic nitrogens is 1. The minimum Gasteiger partial charge on any atom is -0.365 e. The van der Waals surface area contributed by atoms with Crippen LogP contribution in [0.3, 0.4) is 0 Å². The molecule has 0 atom stereocenters. The standard InChI is InChI=1S/C21H26N6O2/c1-26(2)9-8-24-12-14-4-3-5-15(10-14)16-6-7-17-18(11-16)25-21(27(23)13-28)19(17)20(22)29/h3-7,10-11,13,24-25H,8-9,12,23H2,1-2H3,(H2,22,29). The molecule has 1 heterocycles. The number of primary amides is 1. The minimum absolute atomic E-state index is 0.179. The van der Waals surface area contributed by atoms with E-state index in [0.29, 0.717) is 17.3 Å². The molecule has 0 aliphatic carbocycles. The van der Waals surface area contributed by atoms with Gasteiger partial charge in [-0.3, -0.25) is 9.59 Å². The Morgan fingerprint density at radius 3 is 2.62 bits per heavy atom. The average Bonchev–Trinajstić information content (AvgIpc) is 3.09. The van der Waals surface area contributed by atoms with E-state index in [-0.39, 0.29) is 11.4 Å². The van der Waals surface area contributed by atoms with E-state index in [0.717, 1.165) is 35.8 Å². The number of nitrogens with two attached hydrogens (primary N) is 2. The van der Waals surface area contributed by atoms with Gasteiger partial charge in [-0.05, 0) is 42.9 Å². The number of benzene rings is 2. The number of fused-ring (bicyclic) bond motifs is 1. The molecule has 2 amide bonds. The van der Waals surface area contributed by atoms with Gasteiger partial charge in [0.05, 0.1) is 5.56 Å². The van der Waals surface area contributed by atoms with Crippen LogP contribution in [0.4, 0.5) is 5.82 Å². The highest BCUT2D eigenvalue weighted by molar-refractivity contribution is 6.12. The second-order valence-corrected chi connectivity index (χ2v) is 7.17. The van der Waals surface area contributed by atoms with Crippen LogP contribution in [0.1, 0.15) is 15.9 Å². The van der Waals surface area contributed by atoms with Crippen molar-refractivity contribution in [2.24, 2.45) is 11.6 Å². The first-order chi connectivity index (χ1) is 13.9. The third-order valence-corrected chi connectivity index (χ3v) is 4.72. The van der Waals surface area contributed by atoms with Crippen LogP contribution in [-0.2, 0) is 11.3 Å². The second kappa shape index (κ2) is 8.87. The van der Waals surface area contributed by atoms with Crippen molar-refractivity contribution in [1.82, 2.24) is 15.2 Å².